The number of hydrogen-bond acceptors (Lipinski definition) is 3. The van der Waals surface area contributed by atoms with E-state index in [0.29, 0.717) is 5.71 Å². The van der Waals surface area contributed by atoms with Crippen molar-refractivity contribution in [3.8, 4) is 0 Å². The highest BCUT2D eigenvalue weighted by Gasteiger charge is 2.19. The van der Waals surface area contributed by atoms with E-state index >= 15 is 0 Å². The Morgan fingerprint density at radius 2 is 1.91 bits per heavy atom. The Morgan fingerprint density at radius 3 is 2.45 bits per heavy atom. The van der Waals surface area contributed by atoms with Crippen LogP contribution in [0.5, 0.6) is 0 Å². The highest BCUT2D eigenvalue weighted by molar-refractivity contribution is 6.00. The second-order valence-electron chi connectivity index (χ2n) is 6.06. The second-order valence-corrected chi connectivity index (χ2v) is 6.06. The summed E-state index contributed by atoms with van der Waals surface area (Å²) in [5.41, 5.74) is 4.81. The molecule has 116 valence electrons. The number of halogens is 1. The van der Waals surface area contributed by atoms with Gasteiger partial charge in [-0.3, -0.25) is 9.89 Å². The van der Waals surface area contributed by atoms with Crippen LogP contribution >= 0.6 is 0 Å². The second kappa shape index (κ2) is 6.09. The Morgan fingerprint density at radius 1 is 1.27 bits per heavy atom. The molecule has 0 radical (unpaired) electrons. The van der Waals surface area contributed by atoms with Crippen molar-refractivity contribution in [2.45, 2.75) is 33.1 Å². The van der Waals surface area contributed by atoms with E-state index in [0.717, 1.165) is 11.3 Å². The van der Waals surface area contributed by atoms with Gasteiger partial charge < -0.3 is 0 Å². The summed E-state index contributed by atoms with van der Waals surface area (Å²) in [6.45, 7) is 7.82. The molecule has 1 aromatic heterocycles. The van der Waals surface area contributed by atoms with E-state index in [-0.39, 0.29) is 16.9 Å². The smallest absolute Gasteiger partial charge is 0.281 e. The van der Waals surface area contributed by atoms with Crippen LogP contribution in [0.1, 0.15) is 49.4 Å². The Hall–Kier alpha value is -2.50. The van der Waals surface area contributed by atoms with Gasteiger partial charge in [-0.05, 0) is 30.7 Å². The third-order valence-corrected chi connectivity index (χ3v) is 3.21. The molecule has 0 aliphatic carbocycles. The molecular formula is C16H19FN4O. The maximum atomic E-state index is 12.9. The largest absolute Gasteiger partial charge is 0.291 e. The number of carbonyl (C=O) groups excluding carboxylic acids is 1. The zero-order valence-corrected chi connectivity index (χ0v) is 13.1. The molecule has 0 aliphatic rings. The summed E-state index contributed by atoms with van der Waals surface area (Å²) in [7, 11) is 0. The minimum Gasteiger partial charge on any atom is -0.281 e. The van der Waals surface area contributed by atoms with Crippen LogP contribution in [0.2, 0.25) is 0 Å². The summed E-state index contributed by atoms with van der Waals surface area (Å²) in [6, 6.07) is 7.61. The summed E-state index contributed by atoms with van der Waals surface area (Å²) in [5, 5.41) is 10.9. The number of rotatable bonds is 3. The van der Waals surface area contributed by atoms with Crippen LogP contribution in [0.25, 0.3) is 0 Å². The monoisotopic (exact) mass is 302 g/mol. The van der Waals surface area contributed by atoms with E-state index in [4.69, 9.17) is 0 Å². The Labute approximate surface area is 128 Å². The molecule has 0 saturated carbocycles. The molecule has 2 aromatic rings. The fraction of sp³-hybridized carbons (Fsp3) is 0.312. The molecule has 0 bridgehead atoms. The van der Waals surface area contributed by atoms with E-state index in [1.54, 1.807) is 25.1 Å². The van der Waals surface area contributed by atoms with E-state index in [1.807, 2.05) is 20.8 Å². The van der Waals surface area contributed by atoms with Gasteiger partial charge in [-0.15, -0.1) is 0 Å². The number of aromatic nitrogens is 2. The van der Waals surface area contributed by atoms with Gasteiger partial charge in [-0.1, -0.05) is 32.9 Å². The lowest BCUT2D eigenvalue weighted by Gasteiger charge is -2.14. The minimum absolute atomic E-state index is 0.112. The molecule has 0 unspecified atom stereocenters. The van der Waals surface area contributed by atoms with Crippen molar-refractivity contribution in [3.05, 3.63) is 53.1 Å². The standard InChI is InChI=1S/C16H19FN4O/c1-10(11-5-7-12(17)8-6-11)18-21-15(22)13-9-14(20-19-13)16(2,3)4/h5-9H,1-4H3,(H,19,20)(H,21,22). The number of carbonyl (C=O) groups is 1. The Balaban J connectivity index is 2.07. The highest BCUT2D eigenvalue weighted by atomic mass is 19.1. The highest BCUT2D eigenvalue weighted by Crippen LogP contribution is 2.20. The van der Waals surface area contributed by atoms with Crippen LogP contribution in [0.4, 0.5) is 4.39 Å². The lowest BCUT2D eigenvalue weighted by Crippen LogP contribution is -2.19. The first-order valence-electron chi connectivity index (χ1n) is 6.94. The van der Waals surface area contributed by atoms with Gasteiger partial charge >= 0.3 is 0 Å². The van der Waals surface area contributed by atoms with E-state index in [2.05, 4.69) is 20.7 Å². The first kappa shape index (κ1) is 15.9. The minimum atomic E-state index is -0.395. The van der Waals surface area contributed by atoms with Gasteiger partial charge in [0.05, 0.1) is 5.71 Å². The number of hydrazone groups is 1. The van der Waals surface area contributed by atoms with Gasteiger partial charge in [0.15, 0.2) is 5.69 Å². The van der Waals surface area contributed by atoms with Crippen molar-refractivity contribution in [3.63, 3.8) is 0 Å². The van der Waals surface area contributed by atoms with E-state index in [9.17, 15) is 9.18 Å². The van der Waals surface area contributed by atoms with E-state index in [1.165, 1.54) is 12.1 Å². The number of nitrogens with one attached hydrogen (secondary N) is 2. The lowest BCUT2D eigenvalue weighted by molar-refractivity contribution is 0.0950. The predicted octanol–water partition coefficient (Wildman–Crippen LogP) is 3.00. The van der Waals surface area contributed by atoms with Crippen LogP contribution in [0.15, 0.2) is 35.4 Å². The average molecular weight is 302 g/mol. The molecule has 1 heterocycles. The van der Waals surface area contributed by atoms with Gasteiger partial charge in [-0.2, -0.15) is 10.2 Å². The maximum absolute atomic E-state index is 12.9. The van der Waals surface area contributed by atoms with Gasteiger partial charge in [0.1, 0.15) is 5.82 Å². The quantitative estimate of drug-likeness (QED) is 0.676. The zero-order valence-electron chi connectivity index (χ0n) is 13.1. The first-order chi connectivity index (χ1) is 10.3. The summed E-state index contributed by atoms with van der Waals surface area (Å²) >= 11 is 0. The summed E-state index contributed by atoms with van der Waals surface area (Å²) < 4.78 is 12.9. The number of hydrogen-bond donors (Lipinski definition) is 2. The number of nitrogens with zero attached hydrogens (tertiary/aromatic N) is 2. The van der Waals surface area contributed by atoms with E-state index < -0.39 is 5.91 Å². The molecular weight excluding hydrogens is 283 g/mol. The molecule has 0 atom stereocenters. The van der Waals surface area contributed by atoms with Crippen molar-refractivity contribution < 1.29 is 9.18 Å². The fourth-order valence-corrected chi connectivity index (χ4v) is 1.77. The summed E-state index contributed by atoms with van der Waals surface area (Å²) in [5.74, 6) is -0.708. The molecule has 2 N–H and O–H groups in total. The number of H-pyrrole nitrogens is 1. The van der Waals surface area contributed by atoms with Crippen molar-refractivity contribution in [1.82, 2.24) is 15.6 Å². The third kappa shape index (κ3) is 3.78. The van der Waals surface area contributed by atoms with Gasteiger partial charge in [0.25, 0.3) is 5.91 Å². The Kier molecular flexibility index (Phi) is 4.40. The topological polar surface area (TPSA) is 70.1 Å². The molecule has 0 aliphatic heterocycles. The summed E-state index contributed by atoms with van der Waals surface area (Å²) in [6.07, 6.45) is 0. The molecule has 0 saturated heterocycles. The van der Waals surface area contributed by atoms with Gasteiger partial charge in [0, 0.05) is 11.1 Å². The van der Waals surface area contributed by atoms with Gasteiger partial charge in [-0.25, -0.2) is 9.82 Å². The third-order valence-electron chi connectivity index (χ3n) is 3.21. The van der Waals surface area contributed by atoms with Crippen molar-refractivity contribution in [2.75, 3.05) is 0 Å². The average Bonchev–Trinajstić information content (AvgIpc) is 2.95. The summed E-state index contributed by atoms with van der Waals surface area (Å²) in [4.78, 5) is 12.0. The predicted molar refractivity (Wildman–Crippen MR) is 83.4 cm³/mol. The van der Waals surface area contributed by atoms with Crippen LogP contribution in [-0.2, 0) is 5.41 Å². The van der Waals surface area contributed by atoms with Crippen molar-refractivity contribution in [2.24, 2.45) is 5.10 Å². The molecule has 22 heavy (non-hydrogen) atoms. The number of aromatic amines is 1. The molecule has 1 amide bonds. The Bertz CT molecular complexity index is 696. The fourth-order valence-electron chi connectivity index (χ4n) is 1.77. The molecule has 0 spiro atoms. The zero-order chi connectivity index (χ0) is 16.3. The molecule has 2 rings (SSSR count). The lowest BCUT2D eigenvalue weighted by atomic mass is 9.92. The number of amides is 1. The maximum Gasteiger partial charge on any atom is 0.291 e. The van der Waals surface area contributed by atoms with Crippen LogP contribution in [-0.4, -0.2) is 21.8 Å². The van der Waals surface area contributed by atoms with Crippen LogP contribution < -0.4 is 5.43 Å². The molecule has 6 heteroatoms. The molecule has 1 aromatic carbocycles. The van der Waals surface area contributed by atoms with Crippen molar-refractivity contribution >= 4 is 11.6 Å². The van der Waals surface area contributed by atoms with Gasteiger partial charge in [0.2, 0.25) is 0 Å². The van der Waals surface area contributed by atoms with Crippen molar-refractivity contribution in [1.29, 1.82) is 0 Å². The van der Waals surface area contributed by atoms with Crippen LogP contribution in [0.3, 0.4) is 0 Å². The molecule has 5 nitrogen and oxygen atoms in total. The molecule has 0 fully saturated rings. The normalized spacial score (nSPS) is 12.3. The van der Waals surface area contributed by atoms with Crippen LogP contribution in [0, 0.1) is 5.82 Å². The number of benzene rings is 1. The SMILES string of the molecule is CC(=NNC(=O)c1cc(C(C)(C)C)[nH]n1)c1ccc(F)cc1. The first-order valence-corrected chi connectivity index (χ1v) is 6.94.